The number of ether oxygens (including phenoxy) is 1. The van der Waals surface area contributed by atoms with Crippen LogP contribution in [0.3, 0.4) is 0 Å². The molecule has 15 heteroatoms. The number of morpholine rings is 1. The lowest BCUT2D eigenvalue weighted by molar-refractivity contribution is -0.149. The van der Waals surface area contributed by atoms with Crippen LogP contribution in [0.4, 0.5) is 8.78 Å². The molecule has 7 rings (SSSR count). The van der Waals surface area contributed by atoms with Crippen LogP contribution < -0.4 is 5.32 Å². The molecule has 4 fully saturated rings. The van der Waals surface area contributed by atoms with E-state index in [1.165, 1.54) is 44.2 Å². The normalized spacial score (nSPS) is 22.9. The molecule has 0 radical (unpaired) electrons. The molecule has 3 aliphatic heterocycles. The number of nitrogens with zero attached hydrogens (tertiary/aromatic N) is 3. The maximum atomic E-state index is 14.6. The Morgan fingerprint density at radius 3 is 2.38 bits per heavy atom. The molecule has 298 valence electrons. The minimum Gasteiger partial charge on any atom is -0.370 e. The molecule has 0 unspecified atom stereocenters. The van der Waals surface area contributed by atoms with Crippen molar-refractivity contribution < 1.29 is 42.3 Å². The molecule has 1 aliphatic carbocycles. The first-order valence-electron chi connectivity index (χ1n) is 19.6. The Labute approximate surface area is 324 Å². The van der Waals surface area contributed by atoms with Crippen molar-refractivity contribution in [1.82, 2.24) is 20.0 Å². The van der Waals surface area contributed by atoms with E-state index in [0.717, 1.165) is 67.4 Å². The number of hydrogen-bond donors (Lipinski definition) is 3. The number of piperidine rings is 1. The topological polar surface area (TPSA) is 140 Å². The third kappa shape index (κ3) is 9.16. The van der Waals surface area contributed by atoms with Crippen molar-refractivity contribution in [2.45, 2.75) is 88.1 Å². The van der Waals surface area contributed by atoms with Gasteiger partial charge in [-0.2, -0.15) is 8.78 Å². The Bertz CT molecular complexity index is 1880. The Balaban J connectivity index is 1.07. The molecule has 3 saturated heterocycles. The number of alkyl halides is 2. The fourth-order valence-corrected chi connectivity index (χ4v) is 10.3. The van der Waals surface area contributed by atoms with Gasteiger partial charge in [-0.1, -0.05) is 55.7 Å². The lowest BCUT2D eigenvalue weighted by Gasteiger charge is -2.38. The molecule has 4 heterocycles. The minimum atomic E-state index is -5.78. The van der Waals surface area contributed by atoms with Crippen LogP contribution in [0.1, 0.15) is 91.1 Å². The van der Waals surface area contributed by atoms with E-state index in [0.29, 0.717) is 50.2 Å². The molecule has 3 atom stereocenters. The highest BCUT2D eigenvalue weighted by atomic mass is 32.1. The summed E-state index contributed by atoms with van der Waals surface area (Å²) >= 11 is 1.05. The van der Waals surface area contributed by atoms with Crippen LogP contribution in [0.25, 0.3) is 10.1 Å². The summed E-state index contributed by atoms with van der Waals surface area (Å²) < 4.78 is 47.0. The second-order valence-corrected chi connectivity index (χ2v) is 18.4. The van der Waals surface area contributed by atoms with Crippen LogP contribution in [0.5, 0.6) is 0 Å². The molecule has 0 bridgehead atoms. The maximum Gasteiger partial charge on any atom is 0.399 e. The Kier molecular flexibility index (Phi) is 12.4. The predicted molar refractivity (Wildman–Crippen MR) is 206 cm³/mol. The van der Waals surface area contributed by atoms with Crippen molar-refractivity contribution in [3.63, 3.8) is 0 Å². The number of likely N-dealkylation sites (tertiary alicyclic amines) is 2. The third-order valence-corrected chi connectivity index (χ3v) is 14.0. The van der Waals surface area contributed by atoms with Crippen LogP contribution in [-0.4, -0.2) is 100 Å². The number of thiophene rings is 1. The second-order valence-electron chi connectivity index (χ2n) is 15.7. The van der Waals surface area contributed by atoms with Gasteiger partial charge in [0.15, 0.2) is 0 Å². The van der Waals surface area contributed by atoms with Gasteiger partial charge in [0.1, 0.15) is 18.2 Å². The molecule has 0 spiro atoms. The highest BCUT2D eigenvalue weighted by Crippen LogP contribution is 2.59. The van der Waals surface area contributed by atoms with Crippen molar-refractivity contribution in [3.8, 4) is 0 Å². The first-order chi connectivity index (χ1) is 26.4. The van der Waals surface area contributed by atoms with Gasteiger partial charge in [-0.25, -0.2) is 0 Å². The van der Waals surface area contributed by atoms with Gasteiger partial charge in [0.2, 0.25) is 11.8 Å². The summed E-state index contributed by atoms with van der Waals surface area (Å²) in [6.45, 7) is 4.55. The average Bonchev–Trinajstić information content (AvgIpc) is 3.86. The van der Waals surface area contributed by atoms with Gasteiger partial charge in [0.05, 0.1) is 18.0 Å². The number of benzene rings is 2. The van der Waals surface area contributed by atoms with Crippen molar-refractivity contribution >= 4 is 46.7 Å². The zero-order valence-electron chi connectivity index (χ0n) is 31.0. The average molecular weight is 801 g/mol. The van der Waals surface area contributed by atoms with E-state index in [9.17, 15) is 37.5 Å². The smallest absolute Gasteiger partial charge is 0.370 e. The fourth-order valence-electron chi connectivity index (χ4n) is 8.85. The number of carbonyl (C=O) groups is 3. The van der Waals surface area contributed by atoms with E-state index < -0.39 is 36.8 Å². The largest absolute Gasteiger partial charge is 0.399 e. The number of fused-ring (bicyclic) bond motifs is 1. The minimum absolute atomic E-state index is 0.122. The van der Waals surface area contributed by atoms with Crippen molar-refractivity contribution in [2.75, 3.05) is 45.9 Å². The zero-order valence-corrected chi connectivity index (χ0v) is 32.7. The third-order valence-electron chi connectivity index (χ3n) is 11.9. The molecule has 1 saturated carbocycles. The molecule has 3 aromatic rings. The number of rotatable bonds is 11. The zero-order chi connectivity index (χ0) is 38.7. The summed E-state index contributed by atoms with van der Waals surface area (Å²) in [5.41, 5.74) is -4.25. The summed E-state index contributed by atoms with van der Waals surface area (Å²) in [7, 11) is -5.78. The summed E-state index contributed by atoms with van der Waals surface area (Å²) in [6.07, 6.45) is 9.58. The fraction of sp³-hybridized carbons (Fsp3) is 0.575. The predicted octanol–water partition coefficient (Wildman–Crippen LogP) is 6.50. The highest BCUT2D eigenvalue weighted by molar-refractivity contribution is 7.52. The van der Waals surface area contributed by atoms with Gasteiger partial charge in [-0.15, -0.1) is 11.3 Å². The van der Waals surface area contributed by atoms with Gasteiger partial charge in [0.25, 0.3) is 5.91 Å². The monoisotopic (exact) mass is 800 g/mol. The van der Waals surface area contributed by atoms with Crippen LogP contribution in [0.2, 0.25) is 0 Å². The number of amides is 3. The van der Waals surface area contributed by atoms with Crippen LogP contribution in [0.15, 0.2) is 54.6 Å². The summed E-state index contributed by atoms with van der Waals surface area (Å²) in [5.74, 6) is -0.0498. The standard InChI is InChI=1S/C40H51F2N4O7PS/c41-40(42,54(50,51)52)31-13-14-35-30(23-31)24-36(55-35)37(47)43-32(22-27-15-18-44(19-16-27)25-28-8-3-1-4-9-28)38(48)46-17-7-12-33(46)39(49)45-20-21-53-34(26-45)29-10-5-2-6-11-29/h2,5-6,10-11,13-14,23-24,27-28,32-34H,1,3-4,7-9,12,15-22,25-26H2,(H,43,47)(H2,50,51,52)/t32-,33-,34-/m0/s1. The van der Waals surface area contributed by atoms with Gasteiger partial charge >= 0.3 is 13.3 Å². The quantitative estimate of drug-likeness (QED) is 0.187. The highest BCUT2D eigenvalue weighted by Gasteiger charge is 2.50. The SMILES string of the molecule is O=C(N[C@@H](CC1CCN(CC2CCCCC2)CC1)C(=O)N1CCC[C@H]1C(=O)N1CCO[C@H](c2ccccc2)C1)c1cc2cc(C(F)(F)P(=O)(O)O)ccc2s1. The van der Waals surface area contributed by atoms with Gasteiger partial charge in [-0.05, 0) is 99.0 Å². The van der Waals surface area contributed by atoms with Crippen molar-refractivity contribution in [1.29, 1.82) is 0 Å². The number of hydrogen-bond acceptors (Lipinski definition) is 7. The van der Waals surface area contributed by atoms with E-state index in [-0.39, 0.29) is 34.1 Å². The van der Waals surface area contributed by atoms with Crippen LogP contribution in [-0.2, 0) is 24.6 Å². The molecular formula is C40H51F2N4O7PS. The van der Waals surface area contributed by atoms with Gasteiger partial charge < -0.3 is 34.5 Å². The van der Waals surface area contributed by atoms with E-state index in [1.807, 2.05) is 30.3 Å². The molecule has 1 aromatic heterocycles. The first kappa shape index (κ1) is 40.0. The van der Waals surface area contributed by atoms with Crippen molar-refractivity contribution in [3.05, 3.63) is 70.6 Å². The molecule has 3 N–H and O–H groups in total. The molecule has 11 nitrogen and oxygen atoms in total. The van der Waals surface area contributed by atoms with Gasteiger partial charge in [0, 0.05) is 29.9 Å². The number of halogens is 2. The van der Waals surface area contributed by atoms with E-state index in [4.69, 9.17) is 4.74 Å². The molecule has 2 aromatic carbocycles. The summed E-state index contributed by atoms with van der Waals surface area (Å²) in [4.78, 5) is 67.2. The van der Waals surface area contributed by atoms with E-state index >= 15 is 0 Å². The van der Waals surface area contributed by atoms with Crippen LogP contribution in [0, 0.1) is 11.8 Å². The summed E-state index contributed by atoms with van der Waals surface area (Å²) in [6, 6.07) is 12.9. The maximum absolute atomic E-state index is 14.6. The van der Waals surface area contributed by atoms with E-state index in [1.54, 1.807) is 9.80 Å². The van der Waals surface area contributed by atoms with E-state index in [2.05, 4.69) is 10.2 Å². The molecule has 4 aliphatic rings. The number of carbonyl (C=O) groups excluding carboxylic acids is 3. The molecule has 55 heavy (non-hydrogen) atoms. The first-order valence-corrected chi connectivity index (χ1v) is 22.1. The van der Waals surface area contributed by atoms with Gasteiger partial charge in [-0.3, -0.25) is 18.9 Å². The molecule has 3 amide bonds. The summed E-state index contributed by atoms with van der Waals surface area (Å²) in [5, 5.41) is 3.22. The number of nitrogens with one attached hydrogen (secondary N) is 1. The van der Waals surface area contributed by atoms with Crippen molar-refractivity contribution in [2.24, 2.45) is 11.8 Å². The molecular weight excluding hydrogens is 749 g/mol. The van der Waals surface area contributed by atoms with Crippen LogP contribution >= 0.6 is 18.9 Å². The Morgan fingerprint density at radius 1 is 0.909 bits per heavy atom. The lowest BCUT2D eigenvalue weighted by atomic mass is 9.86. The lowest BCUT2D eigenvalue weighted by Crippen LogP contribution is -2.56. The second kappa shape index (κ2) is 17.1. The Morgan fingerprint density at radius 2 is 1.65 bits per heavy atom. The Hall–Kier alpha value is -3.26.